The van der Waals surface area contributed by atoms with Crippen LogP contribution < -0.4 is 5.32 Å². The van der Waals surface area contributed by atoms with Gasteiger partial charge in [0.1, 0.15) is 5.82 Å². The molecule has 20 heavy (non-hydrogen) atoms. The number of carbonyl (C=O) groups excluding carboxylic acids is 1. The number of hydrogen-bond acceptors (Lipinski definition) is 3. The second kappa shape index (κ2) is 4.03. The monoisotopic (exact) mass is 262 g/mol. The fourth-order valence-electron chi connectivity index (χ4n) is 2.38. The van der Waals surface area contributed by atoms with Gasteiger partial charge in [0, 0.05) is 17.1 Å². The number of hydrogen-bond donors (Lipinski definition) is 2. The van der Waals surface area contributed by atoms with Crippen LogP contribution in [0.3, 0.4) is 0 Å². The number of nitrogens with zero attached hydrogens (tertiary/aromatic N) is 2. The van der Waals surface area contributed by atoms with Crippen LogP contribution in [0.5, 0.6) is 0 Å². The first-order valence-corrected chi connectivity index (χ1v) is 6.23. The minimum Gasteiger partial charge on any atom is -0.306 e. The molecule has 5 heteroatoms. The Labute approximate surface area is 114 Å². The van der Waals surface area contributed by atoms with E-state index in [1.807, 2.05) is 36.4 Å². The van der Waals surface area contributed by atoms with E-state index in [4.69, 9.17) is 0 Å². The average Bonchev–Trinajstić information content (AvgIpc) is 3.04. The van der Waals surface area contributed by atoms with Crippen molar-refractivity contribution < 1.29 is 4.79 Å². The third kappa shape index (κ3) is 1.60. The average molecular weight is 262 g/mol. The lowest BCUT2D eigenvalue weighted by Gasteiger charge is -1.98. The number of rotatable bonds is 1. The molecule has 4 rings (SSSR count). The lowest BCUT2D eigenvalue weighted by Crippen LogP contribution is -2.04. The molecule has 1 aliphatic heterocycles. The van der Waals surface area contributed by atoms with Crippen molar-refractivity contribution in [2.45, 2.75) is 0 Å². The molecule has 0 saturated carbocycles. The van der Waals surface area contributed by atoms with Crippen LogP contribution in [0, 0.1) is 0 Å². The number of H-pyrrole nitrogens is 1. The first-order valence-electron chi connectivity index (χ1n) is 6.23. The SMILES string of the molecule is O=C1Nc2ncccc2/C1=C/c1ccc2[nH]ncc2c1. The quantitative estimate of drug-likeness (QED) is 0.662. The van der Waals surface area contributed by atoms with Crippen LogP contribution in [-0.4, -0.2) is 21.1 Å². The molecule has 0 saturated heterocycles. The Morgan fingerprint density at radius 3 is 3.10 bits per heavy atom. The molecule has 5 nitrogen and oxygen atoms in total. The predicted octanol–water partition coefficient (Wildman–Crippen LogP) is 2.45. The summed E-state index contributed by atoms with van der Waals surface area (Å²) in [5.74, 6) is 0.499. The third-order valence-corrected chi connectivity index (χ3v) is 3.35. The number of fused-ring (bicyclic) bond motifs is 2. The van der Waals surface area contributed by atoms with Gasteiger partial charge >= 0.3 is 0 Å². The second-order valence-electron chi connectivity index (χ2n) is 4.63. The van der Waals surface area contributed by atoms with E-state index in [1.165, 1.54) is 0 Å². The van der Waals surface area contributed by atoms with Gasteiger partial charge in [0.25, 0.3) is 5.91 Å². The molecule has 2 aromatic heterocycles. The van der Waals surface area contributed by atoms with Crippen molar-refractivity contribution in [1.29, 1.82) is 0 Å². The van der Waals surface area contributed by atoms with Crippen LogP contribution in [0.25, 0.3) is 22.6 Å². The van der Waals surface area contributed by atoms with Gasteiger partial charge in [-0.05, 0) is 35.9 Å². The summed E-state index contributed by atoms with van der Waals surface area (Å²) in [5.41, 5.74) is 3.41. The molecular formula is C15H10N4O. The van der Waals surface area contributed by atoms with Crippen molar-refractivity contribution in [2.24, 2.45) is 0 Å². The van der Waals surface area contributed by atoms with E-state index in [1.54, 1.807) is 12.4 Å². The predicted molar refractivity (Wildman–Crippen MR) is 76.8 cm³/mol. The van der Waals surface area contributed by atoms with Crippen LogP contribution in [0.1, 0.15) is 11.1 Å². The molecule has 0 spiro atoms. The summed E-state index contributed by atoms with van der Waals surface area (Å²) in [4.78, 5) is 16.2. The van der Waals surface area contributed by atoms with Gasteiger partial charge in [-0.2, -0.15) is 5.10 Å². The van der Waals surface area contributed by atoms with Gasteiger partial charge in [-0.25, -0.2) is 4.98 Å². The van der Waals surface area contributed by atoms with Crippen molar-refractivity contribution in [2.75, 3.05) is 5.32 Å². The highest BCUT2D eigenvalue weighted by molar-refractivity contribution is 6.34. The molecule has 1 aliphatic rings. The Balaban J connectivity index is 1.85. The second-order valence-corrected chi connectivity index (χ2v) is 4.63. The number of aromatic amines is 1. The standard InChI is InChI=1S/C15H10N4O/c20-15-12(11-2-1-5-16-14(11)18-15)7-9-3-4-13-10(6-9)8-17-19-13/h1-8H,(H,17,19)(H,16,18,20)/b12-7-. The molecule has 0 aliphatic carbocycles. The van der Waals surface area contributed by atoms with Crippen LogP contribution in [-0.2, 0) is 4.79 Å². The van der Waals surface area contributed by atoms with Gasteiger partial charge in [0.2, 0.25) is 0 Å². The topological polar surface area (TPSA) is 70.7 Å². The van der Waals surface area contributed by atoms with Crippen LogP contribution in [0.4, 0.5) is 5.82 Å². The van der Waals surface area contributed by atoms with Crippen molar-refractivity contribution in [1.82, 2.24) is 15.2 Å². The normalized spacial score (nSPS) is 15.6. The van der Waals surface area contributed by atoms with Crippen LogP contribution in [0.15, 0.2) is 42.7 Å². The Bertz CT molecular complexity index is 863. The Kier molecular flexibility index (Phi) is 2.20. The summed E-state index contributed by atoms with van der Waals surface area (Å²) >= 11 is 0. The highest BCUT2D eigenvalue weighted by Crippen LogP contribution is 2.31. The highest BCUT2D eigenvalue weighted by Gasteiger charge is 2.24. The molecule has 2 N–H and O–H groups in total. The zero-order valence-electron chi connectivity index (χ0n) is 10.4. The van der Waals surface area contributed by atoms with Gasteiger partial charge in [-0.1, -0.05) is 6.07 Å². The molecule has 1 aromatic carbocycles. The summed E-state index contributed by atoms with van der Waals surface area (Å²) in [7, 11) is 0. The maximum Gasteiger partial charge on any atom is 0.257 e. The van der Waals surface area contributed by atoms with Gasteiger partial charge in [-0.15, -0.1) is 0 Å². The molecule has 0 radical (unpaired) electrons. The van der Waals surface area contributed by atoms with Crippen molar-refractivity contribution in [3.05, 3.63) is 53.9 Å². The van der Waals surface area contributed by atoms with Crippen LogP contribution in [0.2, 0.25) is 0 Å². The Morgan fingerprint density at radius 2 is 2.15 bits per heavy atom. The van der Waals surface area contributed by atoms with E-state index in [2.05, 4.69) is 20.5 Å². The Morgan fingerprint density at radius 1 is 1.20 bits per heavy atom. The van der Waals surface area contributed by atoms with Gasteiger partial charge in [0.05, 0.1) is 17.3 Å². The van der Waals surface area contributed by atoms with E-state index < -0.39 is 0 Å². The summed E-state index contributed by atoms with van der Waals surface area (Å²) in [6.45, 7) is 0. The minimum absolute atomic E-state index is 0.119. The molecule has 1 amide bonds. The van der Waals surface area contributed by atoms with Gasteiger partial charge in [0.15, 0.2) is 0 Å². The lowest BCUT2D eigenvalue weighted by molar-refractivity contribution is -0.110. The fraction of sp³-hybridized carbons (Fsp3) is 0. The fourth-order valence-corrected chi connectivity index (χ4v) is 2.38. The third-order valence-electron chi connectivity index (χ3n) is 3.35. The van der Waals surface area contributed by atoms with Crippen LogP contribution >= 0.6 is 0 Å². The molecule has 0 bridgehead atoms. The molecule has 3 aromatic rings. The zero-order chi connectivity index (χ0) is 13.5. The summed E-state index contributed by atoms with van der Waals surface area (Å²) < 4.78 is 0. The van der Waals surface area contributed by atoms with E-state index >= 15 is 0 Å². The smallest absolute Gasteiger partial charge is 0.257 e. The van der Waals surface area contributed by atoms with Crippen molar-refractivity contribution in [3.8, 4) is 0 Å². The zero-order valence-corrected chi connectivity index (χ0v) is 10.4. The number of anilines is 1. The van der Waals surface area contributed by atoms with E-state index in [9.17, 15) is 4.79 Å². The molecule has 96 valence electrons. The first kappa shape index (κ1) is 10.9. The summed E-state index contributed by atoms with van der Waals surface area (Å²) in [5, 5.41) is 10.7. The lowest BCUT2D eigenvalue weighted by atomic mass is 10.0. The molecule has 0 unspecified atom stereocenters. The Hall–Kier alpha value is -2.95. The summed E-state index contributed by atoms with van der Waals surface area (Å²) in [6.07, 6.45) is 5.30. The molecule has 0 fully saturated rings. The maximum atomic E-state index is 12.0. The largest absolute Gasteiger partial charge is 0.306 e. The number of pyridine rings is 1. The van der Waals surface area contributed by atoms with Crippen molar-refractivity contribution in [3.63, 3.8) is 0 Å². The number of amides is 1. The molecule has 0 atom stereocenters. The molecule has 3 heterocycles. The van der Waals surface area contributed by atoms with Gasteiger partial charge in [-0.3, -0.25) is 9.89 Å². The van der Waals surface area contributed by atoms with Crippen molar-refractivity contribution >= 4 is 34.3 Å². The number of benzene rings is 1. The number of aromatic nitrogens is 3. The van der Waals surface area contributed by atoms with E-state index in [0.29, 0.717) is 11.4 Å². The summed E-state index contributed by atoms with van der Waals surface area (Å²) in [6, 6.07) is 9.61. The van der Waals surface area contributed by atoms with E-state index in [0.717, 1.165) is 22.0 Å². The minimum atomic E-state index is -0.119. The van der Waals surface area contributed by atoms with Gasteiger partial charge < -0.3 is 5.32 Å². The first-order chi connectivity index (χ1) is 9.81. The number of nitrogens with one attached hydrogen (secondary N) is 2. The molecular weight excluding hydrogens is 252 g/mol. The highest BCUT2D eigenvalue weighted by atomic mass is 16.2. The van der Waals surface area contributed by atoms with E-state index in [-0.39, 0.29) is 5.91 Å². The number of carbonyl (C=O) groups is 1. The maximum absolute atomic E-state index is 12.0.